The summed E-state index contributed by atoms with van der Waals surface area (Å²) < 4.78 is 0. The summed E-state index contributed by atoms with van der Waals surface area (Å²) in [5.74, 6) is -0.0370. The molecule has 0 fully saturated rings. The highest BCUT2D eigenvalue weighted by Crippen LogP contribution is 2.27. The van der Waals surface area contributed by atoms with Gasteiger partial charge in [-0.15, -0.1) is 0 Å². The lowest BCUT2D eigenvalue weighted by Gasteiger charge is -2.27. The van der Waals surface area contributed by atoms with Gasteiger partial charge in [-0.05, 0) is 48.6 Å². The number of hydrogen-bond acceptors (Lipinski definition) is 2. The zero-order chi connectivity index (χ0) is 22.5. The van der Waals surface area contributed by atoms with Gasteiger partial charge in [-0.2, -0.15) is 0 Å². The van der Waals surface area contributed by atoms with Crippen molar-refractivity contribution in [2.45, 2.75) is 32.2 Å². The molecule has 6 nitrogen and oxygen atoms in total. The maximum absolute atomic E-state index is 12.5. The lowest BCUT2D eigenvalue weighted by molar-refractivity contribution is -0.121. The number of aromatic amines is 1. The minimum Gasteiger partial charge on any atom is -0.357 e. The molecule has 0 saturated carbocycles. The van der Waals surface area contributed by atoms with Crippen LogP contribution in [0.15, 0.2) is 42.5 Å². The van der Waals surface area contributed by atoms with Gasteiger partial charge in [0.05, 0.1) is 6.54 Å². The molecule has 168 valence electrons. The van der Waals surface area contributed by atoms with Gasteiger partial charge in [0.2, 0.25) is 5.91 Å². The number of hydrogen-bond donors (Lipinski definition) is 3. The lowest BCUT2D eigenvalue weighted by Crippen LogP contribution is -2.43. The van der Waals surface area contributed by atoms with E-state index < -0.39 is 0 Å². The second-order valence-corrected chi connectivity index (χ2v) is 8.81. The summed E-state index contributed by atoms with van der Waals surface area (Å²) in [5, 5.41) is 8.26. The highest BCUT2D eigenvalue weighted by Gasteiger charge is 2.23. The number of urea groups is 1. The number of para-hydroxylation sites is 1. The van der Waals surface area contributed by atoms with E-state index in [0.717, 1.165) is 23.2 Å². The number of carbonyl (C=O) groups is 2. The zero-order valence-electron chi connectivity index (χ0n) is 17.7. The third kappa shape index (κ3) is 5.37. The van der Waals surface area contributed by atoms with Gasteiger partial charge in [0, 0.05) is 52.7 Å². The Morgan fingerprint density at radius 1 is 1.06 bits per heavy atom. The van der Waals surface area contributed by atoms with Crippen LogP contribution in [0.4, 0.5) is 4.79 Å². The maximum atomic E-state index is 12.5. The average molecular weight is 473 g/mol. The number of nitrogens with zero attached hydrogens (tertiary/aromatic N) is 1. The number of fused-ring (bicyclic) bond motifs is 3. The van der Waals surface area contributed by atoms with E-state index in [9.17, 15) is 9.59 Å². The molecule has 1 aromatic heterocycles. The van der Waals surface area contributed by atoms with Gasteiger partial charge >= 0.3 is 6.03 Å². The van der Waals surface area contributed by atoms with Crippen LogP contribution in [0, 0.1) is 0 Å². The van der Waals surface area contributed by atoms with Crippen molar-refractivity contribution in [2.75, 3.05) is 19.6 Å². The van der Waals surface area contributed by atoms with Gasteiger partial charge in [0.15, 0.2) is 0 Å². The van der Waals surface area contributed by atoms with E-state index in [1.165, 1.54) is 10.9 Å². The first-order valence-corrected chi connectivity index (χ1v) is 11.6. The molecule has 32 heavy (non-hydrogen) atoms. The van der Waals surface area contributed by atoms with Crippen molar-refractivity contribution in [2.24, 2.45) is 0 Å². The van der Waals surface area contributed by atoms with E-state index in [1.54, 1.807) is 12.1 Å². The number of benzene rings is 2. The molecule has 1 aliphatic heterocycles. The molecular weight excluding hydrogens is 447 g/mol. The topological polar surface area (TPSA) is 77.2 Å². The standard InChI is InChI=1S/C24H26Cl2N4O2/c25-17-8-7-16(20(26)14-17)9-12-27-23(31)6-3-11-28-24(32)30-13-10-19-18-4-1-2-5-21(18)29-22(19)15-30/h1-2,4-5,7-8,14,29H,3,6,9-13,15H2,(H,27,31)(H,28,32). The minimum atomic E-state index is -0.0907. The molecule has 3 aromatic rings. The highest BCUT2D eigenvalue weighted by atomic mass is 35.5. The molecule has 0 radical (unpaired) electrons. The van der Waals surface area contributed by atoms with Crippen molar-refractivity contribution in [3.8, 4) is 0 Å². The summed E-state index contributed by atoms with van der Waals surface area (Å²) >= 11 is 12.0. The van der Waals surface area contributed by atoms with Gasteiger partial charge in [-0.1, -0.05) is 47.5 Å². The van der Waals surface area contributed by atoms with Crippen molar-refractivity contribution < 1.29 is 9.59 Å². The highest BCUT2D eigenvalue weighted by molar-refractivity contribution is 6.35. The summed E-state index contributed by atoms with van der Waals surface area (Å²) in [6.45, 7) is 2.23. The Labute approximate surface area is 197 Å². The Bertz CT molecular complexity index is 1130. The molecule has 4 rings (SSSR count). The molecule has 2 heterocycles. The average Bonchev–Trinajstić information content (AvgIpc) is 3.16. The summed E-state index contributed by atoms with van der Waals surface area (Å²) in [4.78, 5) is 29.8. The van der Waals surface area contributed by atoms with E-state index in [-0.39, 0.29) is 11.9 Å². The number of carbonyl (C=O) groups excluding carboxylic acids is 2. The second kappa shape index (κ2) is 10.3. The zero-order valence-corrected chi connectivity index (χ0v) is 19.2. The minimum absolute atomic E-state index is 0.0370. The van der Waals surface area contributed by atoms with Gasteiger partial charge in [0.1, 0.15) is 0 Å². The van der Waals surface area contributed by atoms with Gasteiger partial charge < -0.3 is 20.5 Å². The van der Waals surface area contributed by atoms with Crippen LogP contribution in [0.1, 0.15) is 29.7 Å². The van der Waals surface area contributed by atoms with Crippen molar-refractivity contribution in [3.63, 3.8) is 0 Å². The van der Waals surface area contributed by atoms with Crippen molar-refractivity contribution in [3.05, 3.63) is 69.3 Å². The quantitative estimate of drug-likeness (QED) is 0.436. The number of nitrogens with one attached hydrogen (secondary N) is 3. The van der Waals surface area contributed by atoms with Crippen LogP contribution in [-0.4, -0.2) is 41.5 Å². The van der Waals surface area contributed by atoms with Crippen LogP contribution in [0.3, 0.4) is 0 Å². The predicted molar refractivity (Wildman–Crippen MR) is 128 cm³/mol. The van der Waals surface area contributed by atoms with Crippen LogP contribution in [0.5, 0.6) is 0 Å². The van der Waals surface area contributed by atoms with Crippen LogP contribution in [0.25, 0.3) is 10.9 Å². The summed E-state index contributed by atoms with van der Waals surface area (Å²) in [6, 6.07) is 13.5. The Balaban J connectivity index is 1.15. The number of halogens is 2. The van der Waals surface area contributed by atoms with E-state index in [4.69, 9.17) is 23.2 Å². The third-order valence-corrected chi connectivity index (χ3v) is 6.35. The fourth-order valence-electron chi connectivity index (χ4n) is 4.07. The maximum Gasteiger partial charge on any atom is 0.317 e. The lowest BCUT2D eigenvalue weighted by atomic mass is 10.0. The largest absolute Gasteiger partial charge is 0.357 e. The fourth-order valence-corrected chi connectivity index (χ4v) is 4.57. The second-order valence-electron chi connectivity index (χ2n) is 7.97. The molecule has 0 aliphatic carbocycles. The van der Waals surface area contributed by atoms with Crippen LogP contribution in [-0.2, 0) is 24.2 Å². The molecule has 0 spiro atoms. The Morgan fingerprint density at radius 2 is 1.91 bits per heavy atom. The summed E-state index contributed by atoms with van der Waals surface area (Å²) in [7, 11) is 0. The summed E-state index contributed by atoms with van der Waals surface area (Å²) in [5.41, 5.74) is 4.47. The van der Waals surface area contributed by atoms with Crippen molar-refractivity contribution in [1.29, 1.82) is 0 Å². The molecule has 8 heteroatoms. The molecule has 3 amide bonds. The molecule has 1 aliphatic rings. The fraction of sp³-hybridized carbons (Fsp3) is 0.333. The number of H-pyrrole nitrogens is 1. The first kappa shape index (κ1) is 22.5. The Morgan fingerprint density at radius 3 is 2.75 bits per heavy atom. The normalized spacial score (nSPS) is 13.1. The Kier molecular flexibility index (Phi) is 7.22. The molecule has 0 bridgehead atoms. The molecule has 2 aromatic carbocycles. The van der Waals surface area contributed by atoms with E-state index in [2.05, 4.69) is 27.8 Å². The molecule has 3 N–H and O–H groups in total. The van der Waals surface area contributed by atoms with Gasteiger partial charge in [-0.25, -0.2) is 4.79 Å². The monoisotopic (exact) mass is 472 g/mol. The first-order valence-electron chi connectivity index (χ1n) is 10.8. The first-order chi connectivity index (χ1) is 15.5. The van der Waals surface area contributed by atoms with Gasteiger partial charge in [0.25, 0.3) is 0 Å². The SMILES string of the molecule is O=C(CCCNC(=O)N1CCc2c([nH]c3ccccc23)C1)NCCc1ccc(Cl)cc1Cl. The predicted octanol–water partition coefficient (Wildman–Crippen LogP) is 4.68. The van der Waals surface area contributed by atoms with E-state index in [0.29, 0.717) is 55.5 Å². The molecule has 0 unspecified atom stereocenters. The smallest absolute Gasteiger partial charge is 0.317 e. The molecule has 0 saturated heterocycles. The van der Waals surface area contributed by atoms with E-state index >= 15 is 0 Å². The molecule has 0 atom stereocenters. The number of rotatable bonds is 7. The van der Waals surface area contributed by atoms with Crippen LogP contribution < -0.4 is 10.6 Å². The van der Waals surface area contributed by atoms with Gasteiger partial charge in [-0.3, -0.25) is 4.79 Å². The third-order valence-electron chi connectivity index (χ3n) is 5.76. The van der Waals surface area contributed by atoms with Crippen LogP contribution in [0.2, 0.25) is 10.0 Å². The number of aromatic nitrogens is 1. The number of amides is 3. The van der Waals surface area contributed by atoms with Crippen LogP contribution >= 0.6 is 23.2 Å². The van der Waals surface area contributed by atoms with Crippen molar-refractivity contribution in [1.82, 2.24) is 20.5 Å². The molecular formula is C24H26Cl2N4O2. The van der Waals surface area contributed by atoms with Crippen molar-refractivity contribution >= 4 is 46.0 Å². The van der Waals surface area contributed by atoms with E-state index in [1.807, 2.05) is 23.1 Å². The summed E-state index contributed by atoms with van der Waals surface area (Å²) in [6.07, 6.45) is 2.43. The Hall–Kier alpha value is -2.70.